The second kappa shape index (κ2) is 10.5. The van der Waals surface area contributed by atoms with Crippen LogP contribution in [-0.4, -0.2) is 38.2 Å². The van der Waals surface area contributed by atoms with Crippen molar-refractivity contribution in [3.63, 3.8) is 0 Å². The highest BCUT2D eigenvalue weighted by atomic mass is 32.2. The van der Waals surface area contributed by atoms with Gasteiger partial charge in [0.05, 0.1) is 29.1 Å². The molecule has 0 unspecified atom stereocenters. The summed E-state index contributed by atoms with van der Waals surface area (Å²) >= 11 is 0. The van der Waals surface area contributed by atoms with Crippen molar-refractivity contribution in [2.24, 2.45) is 5.10 Å². The van der Waals surface area contributed by atoms with Crippen LogP contribution in [0.3, 0.4) is 0 Å². The Morgan fingerprint density at radius 3 is 2.41 bits per heavy atom. The highest BCUT2D eigenvalue weighted by Crippen LogP contribution is 2.22. The van der Waals surface area contributed by atoms with Crippen molar-refractivity contribution < 1.29 is 17.9 Å². The number of amides is 1. The van der Waals surface area contributed by atoms with Gasteiger partial charge in [-0.05, 0) is 67.9 Å². The van der Waals surface area contributed by atoms with Crippen LogP contribution in [0.1, 0.15) is 19.4 Å². The third-order valence-electron chi connectivity index (χ3n) is 4.48. The fourth-order valence-corrected chi connectivity index (χ4v) is 4.30. The molecule has 0 bridgehead atoms. The van der Waals surface area contributed by atoms with Crippen LogP contribution in [0.25, 0.3) is 0 Å². The molecule has 0 saturated carbocycles. The maximum Gasteiger partial charge on any atom is 0.264 e. The van der Waals surface area contributed by atoms with Crippen LogP contribution in [0.5, 0.6) is 5.75 Å². The largest absolute Gasteiger partial charge is 0.494 e. The van der Waals surface area contributed by atoms with Gasteiger partial charge in [0.15, 0.2) is 0 Å². The Bertz CT molecular complexity index is 1170. The first-order chi connectivity index (χ1) is 15.4. The van der Waals surface area contributed by atoms with Gasteiger partial charge in [-0.3, -0.25) is 14.1 Å². The van der Waals surface area contributed by atoms with Crippen molar-refractivity contribution in [1.29, 1.82) is 0 Å². The fourth-order valence-electron chi connectivity index (χ4n) is 2.87. The molecule has 1 heterocycles. The van der Waals surface area contributed by atoms with Crippen LogP contribution < -0.4 is 14.5 Å². The zero-order chi connectivity index (χ0) is 23.0. The molecular weight excluding hydrogens is 428 g/mol. The van der Waals surface area contributed by atoms with Crippen LogP contribution >= 0.6 is 0 Å². The minimum Gasteiger partial charge on any atom is -0.494 e. The molecule has 0 spiro atoms. The molecule has 8 nitrogen and oxygen atoms in total. The lowest BCUT2D eigenvalue weighted by Crippen LogP contribution is -2.39. The third kappa shape index (κ3) is 5.70. The number of benzene rings is 2. The summed E-state index contributed by atoms with van der Waals surface area (Å²) in [6.45, 7) is 3.77. The highest BCUT2D eigenvalue weighted by molar-refractivity contribution is 7.92. The van der Waals surface area contributed by atoms with Crippen molar-refractivity contribution in [3.8, 4) is 5.75 Å². The number of carbonyl (C=O) groups excluding carboxylic acids is 1. The average Bonchev–Trinajstić information content (AvgIpc) is 2.82. The number of hydrazone groups is 1. The minimum atomic E-state index is -3.98. The molecule has 0 fully saturated rings. The minimum absolute atomic E-state index is 0.0747. The highest BCUT2D eigenvalue weighted by Gasteiger charge is 2.27. The quantitative estimate of drug-likeness (QED) is 0.397. The predicted molar refractivity (Wildman–Crippen MR) is 123 cm³/mol. The van der Waals surface area contributed by atoms with E-state index in [9.17, 15) is 13.2 Å². The molecule has 1 aromatic heterocycles. The first kappa shape index (κ1) is 23.0. The van der Waals surface area contributed by atoms with Crippen LogP contribution in [0.15, 0.2) is 89.1 Å². The van der Waals surface area contributed by atoms with E-state index in [2.05, 4.69) is 15.5 Å². The number of sulfonamides is 1. The summed E-state index contributed by atoms with van der Waals surface area (Å²) in [7, 11) is -3.98. The molecular formula is C23H24N4O4S. The van der Waals surface area contributed by atoms with E-state index in [0.717, 1.165) is 15.6 Å². The number of anilines is 1. The van der Waals surface area contributed by atoms with E-state index in [0.29, 0.717) is 12.3 Å². The molecule has 166 valence electrons. The molecule has 32 heavy (non-hydrogen) atoms. The van der Waals surface area contributed by atoms with Crippen molar-refractivity contribution in [1.82, 2.24) is 10.4 Å². The Labute approximate surface area is 187 Å². The number of pyridine rings is 1. The van der Waals surface area contributed by atoms with E-state index >= 15 is 0 Å². The number of carbonyl (C=O) groups is 1. The molecule has 0 atom stereocenters. The van der Waals surface area contributed by atoms with Gasteiger partial charge in [-0.15, -0.1) is 0 Å². The molecule has 9 heteroatoms. The number of nitrogens with one attached hydrogen (secondary N) is 1. The number of hydrogen-bond donors (Lipinski definition) is 1. The Hall–Kier alpha value is -3.72. The van der Waals surface area contributed by atoms with Gasteiger partial charge in [0.25, 0.3) is 15.9 Å². The van der Waals surface area contributed by atoms with E-state index in [1.165, 1.54) is 24.5 Å². The summed E-state index contributed by atoms with van der Waals surface area (Å²) in [5, 5.41) is 4.11. The Balaban J connectivity index is 1.78. The Morgan fingerprint density at radius 1 is 1.06 bits per heavy atom. The maximum absolute atomic E-state index is 13.2. The molecule has 0 aliphatic carbocycles. The lowest BCUT2D eigenvalue weighted by Gasteiger charge is -2.23. The molecule has 2 aromatic carbocycles. The first-order valence-electron chi connectivity index (χ1n) is 9.96. The average molecular weight is 453 g/mol. The summed E-state index contributed by atoms with van der Waals surface area (Å²) in [6, 6.07) is 18.4. The second-order valence-electron chi connectivity index (χ2n) is 6.73. The molecule has 0 aliphatic heterocycles. The summed E-state index contributed by atoms with van der Waals surface area (Å²) in [4.78, 5) is 16.7. The molecule has 3 aromatic rings. The van der Waals surface area contributed by atoms with Crippen molar-refractivity contribution >= 4 is 27.3 Å². The van der Waals surface area contributed by atoms with Crippen molar-refractivity contribution in [3.05, 3.63) is 84.7 Å². The Morgan fingerprint density at radius 2 is 1.78 bits per heavy atom. The fraction of sp³-hybridized carbons (Fsp3) is 0.174. The van der Waals surface area contributed by atoms with Gasteiger partial charge in [-0.1, -0.05) is 18.2 Å². The molecule has 0 aliphatic rings. The van der Waals surface area contributed by atoms with Gasteiger partial charge in [-0.2, -0.15) is 5.10 Å². The molecule has 0 radical (unpaired) electrons. The van der Waals surface area contributed by atoms with Crippen LogP contribution in [0.2, 0.25) is 0 Å². The summed E-state index contributed by atoms with van der Waals surface area (Å²) in [5.74, 6) is 0.157. The summed E-state index contributed by atoms with van der Waals surface area (Å²) < 4.78 is 32.8. The molecule has 3 rings (SSSR count). The van der Waals surface area contributed by atoms with Gasteiger partial charge in [0, 0.05) is 6.20 Å². The standard InChI is InChI=1S/C23H24N4O4S/c1-3-31-21-13-11-19(12-14-21)18(2)25-26-23(28)17-27(20-8-7-15-24-16-20)32(29,30)22-9-5-4-6-10-22/h4-16H,3,17H2,1-2H3,(H,26,28)/b25-18-. The monoisotopic (exact) mass is 452 g/mol. The normalized spacial score (nSPS) is 11.6. The van der Waals surface area contributed by atoms with Gasteiger partial charge in [0.2, 0.25) is 0 Å². The van der Waals surface area contributed by atoms with E-state index in [4.69, 9.17) is 4.74 Å². The van der Waals surface area contributed by atoms with Crippen LogP contribution in [0, 0.1) is 0 Å². The zero-order valence-corrected chi connectivity index (χ0v) is 18.6. The number of rotatable bonds is 9. The zero-order valence-electron chi connectivity index (χ0n) is 17.8. The SMILES string of the molecule is CCOc1ccc(/C(C)=N\NC(=O)CN(c2cccnc2)S(=O)(=O)c2ccccc2)cc1. The van der Waals surface area contributed by atoms with Crippen LogP contribution in [-0.2, 0) is 14.8 Å². The van der Waals surface area contributed by atoms with Gasteiger partial charge in [-0.25, -0.2) is 13.8 Å². The lowest BCUT2D eigenvalue weighted by molar-refractivity contribution is -0.119. The van der Waals surface area contributed by atoms with E-state index in [1.807, 2.05) is 31.2 Å². The third-order valence-corrected chi connectivity index (χ3v) is 6.27. The van der Waals surface area contributed by atoms with Crippen LogP contribution in [0.4, 0.5) is 5.69 Å². The summed E-state index contributed by atoms with van der Waals surface area (Å²) in [6.07, 6.45) is 2.92. The van der Waals surface area contributed by atoms with Crippen molar-refractivity contribution in [2.45, 2.75) is 18.7 Å². The number of nitrogens with zero attached hydrogens (tertiary/aromatic N) is 3. The maximum atomic E-state index is 13.2. The van der Waals surface area contributed by atoms with Gasteiger partial charge in [0.1, 0.15) is 12.3 Å². The van der Waals surface area contributed by atoms with E-state index in [1.54, 1.807) is 37.3 Å². The number of hydrogen-bond acceptors (Lipinski definition) is 6. The molecule has 0 saturated heterocycles. The molecule has 1 N–H and O–H groups in total. The lowest BCUT2D eigenvalue weighted by atomic mass is 10.1. The smallest absolute Gasteiger partial charge is 0.264 e. The van der Waals surface area contributed by atoms with Gasteiger partial charge >= 0.3 is 0 Å². The summed E-state index contributed by atoms with van der Waals surface area (Å²) in [5.41, 5.74) is 4.08. The predicted octanol–water partition coefficient (Wildman–Crippen LogP) is 3.22. The number of aromatic nitrogens is 1. The molecule has 1 amide bonds. The van der Waals surface area contributed by atoms with E-state index < -0.39 is 22.5 Å². The van der Waals surface area contributed by atoms with Crippen molar-refractivity contribution in [2.75, 3.05) is 17.5 Å². The second-order valence-corrected chi connectivity index (χ2v) is 8.59. The first-order valence-corrected chi connectivity index (χ1v) is 11.4. The van der Waals surface area contributed by atoms with Gasteiger partial charge < -0.3 is 4.74 Å². The Kier molecular flexibility index (Phi) is 7.56. The topological polar surface area (TPSA) is 101 Å². The number of ether oxygens (including phenoxy) is 1. The van der Waals surface area contributed by atoms with E-state index in [-0.39, 0.29) is 10.6 Å².